The van der Waals surface area contributed by atoms with E-state index in [0.717, 1.165) is 46.0 Å². The molecule has 0 amide bonds. The highest BCUT2D eigenvalue weighted by Gasteiger charge is 2.36. The van der Waals surface area contributed by atoms with Crippen molar-refractivity contribution >= 4 is 8.32 Å². The number of ether oxygens (including phenoxy) is 1. The van der Waals surface area contributed by atoms with Gasteiger partial charge in [-0.05, 0) is 37.6 Å². The number of nitrogens with zero attached hydrogens (tertiary/aromatic N) is 1. The Morgan fingerprint density at radius 3 is 2.40 bits per heavy atom. The molecule has 1 rings (SSSR count). The molecular weight excluding hydrogens is 268 g/mol. The van der Waals surface area contributed by atoms with Gasteiger partial charge in [0, 0.05) is 26.2 Å². The van der Waals surface area contributed by atoms with Crippen molar-refractivity contribution in [3.8, 4) is 0 Å². The van der Waals surface area contributed by atoms with Crippen LogP contribution in [0.3, 0.4) is 0 Å². The van der Waals surface area contributed by atoms with Crippen LogP contribution in [0.25, 0.3) is 0 Å². The summed E-state index contributed by atoms with van der Waals surface area (Å²) in [5.41, 5.74) is 0. The van der Waals surface area contributed by atoms with Crippen molar-refractivity contribution in [3.05, 3.63) is 0 Å². The van der Waals surface area contributed by atoms with Crippen LogP contribution in [0.1, 0.15) is 27.2 Å². The maximum Gasteiger partial charge on any atom is 0.192 e. The van der Waals surface area contributed by atoms with Crippen molar-refractivity contribution in [2.24, 2.45) is 0 Å². The smallest absolute Gasteiger partial charge is 0.192 e. The molecule has 0 aromatic carbocycles. The van der Waals surface area contributed by atoms with Gasteiger partial charge in [-0.15, -0.1) is 0 Å². The molecule has 1 saturated heterocycles. The Bertz CT molecular complexity index is 261. The van der Waals surface area contributed by atoms with E-state index in [4.69, 9.17) is 9.16 Å². The SMILES string of the molecule is CC(C)(C)[Si](C)(C)OCCNCCCN1CCOCC1. The van der Waals surface area contributed by atoms with E-state index in [1.165, 1.54) is 13.0 Å². The Morgan fingerprint density at radius 1 is 1.15 bits per heavy atom. The van der Waals surface area contributed by atoms with Gasteiger partial charge in [-0.2, -0.15) is 0 Å². The second-order valence-electron chi connectivity index (χ2n) is 7.17. The molecule has 0 unspecified atom stereocenters. The molecule has 1 heterocycles. The summed E-state index contributed by atoms with van der Waals surface area (Å²) >= 11 is 0. The van der Waals surface area contributed by atoms with Crippen LogP contribution in [0.5, 0.6) is 0 Å². The van der Waals surface area contributed by atoms with Crippen molar-refractivity contribution in [1.82, 2.24) is 10.2 Å². The molecule has 120 valence electrons. The van der Waals surface area contributed by atoms with Gasteiger partial charge in [-0.1, -0.05) is 20.8 Å². The standard InChI is InChI=1S/C15H34N2O2Si/c1-15(2,3)20(4,5)19-12-8-16-7-6-9-17-10-13-18-14-11-17/h16H,6-14H2,1-5H3. The van der Waals surface area contributed by atoms with E-state index in [-0.39, 0.29) is 0 Å². The maximum absolute atomic E-state index is 6.14. The van der Waals surface area contributed by atoms with Gasteiger partial charge in [0.25, 0.3) is 0 Å². The molecule has 0 aromatic rings. The van der Waals surface area contributed by atoms with E-state index < -0.39 is 8.32 Å². The van der Waals surface area contributed by atoms with Crippen LogP contribution in [0.4, 0.5) is 0 Å². The summed E-state index contributed by atoms with van der Waals surface area (Å²) in [6.07, 6.45) is 1.21. The van der Waals surface area contributed by atoms with Crippen LogP contribution in [-0.2, 0) is 9.16 Å². The lowest BCUT2D eigenvalue weighted by atomic mass is 10.2. The van der Waals surface area contributed by atoms with Gasteiger partial charge in [0.05, 0.1) is 13.2 Å². The molecule has 0 aromatic heterocycles. The van der Waals surface area contributed by atoms with Gasteiger partial charge in [0.1, 0.15) is 0 Å². The molecule has 1 fully saturated rings. The fourth-order valence-electron chi connectivity index (χ4n) is 1.97. The Hall–Kier alpha value is 0.0569. The molecule has 0 atom stereocenters. The first-order chi connectivity index (χ1) is 9.33. The van der Waals surface area contributed by atoms with Gasteiger partial charge < -0.3 is 14.5 Å². The zero-order valence-corrected chi connectivity index (χ0v) is 15.1. The fraction of sp³-hybridized carbons (Fsp3) is 1.00. The quantitative estimate of drug-likeness (QED) is 0.551. The second kappa shape index (κ2) is 8.49. The Kier molecular flexibility index (Phi) is 7.68. The van der Waals surface area contributed by atoms with Crippen LogP contribution in [0, 0.1) is 0 Å². The molecule has 20 heavy (non-hydrogen) atoms. The van der Waals surface area contributed by atoms with Crippen molar-refractivity contribution in [1.29, 1.82) is 0 Å². The van der Waals surface area contributed by atoms with Crippen LogP contribution in [-0.4, -0.2) is 65.8 Å². The number of nitrogens with one attached hydrogen (secondary N) is 1. The van der Waals surface area contributed by atoms with Gasteiger partial charge in [-0.25, -0.2) is 0 Å². The second-order valence-corrected chi connectivity index (χ2v) is 12.0. The summed E-state index contributed by atoms with van der Waals surface area (Å²) in [6.45, 7) is 19.5. The minimum Gasteiger partial charge on any atom is -0.416 e. The normalized spacial score (nSPS) is 18.4. The molecule has 0 spiro atoms. The molecule has 4 nitrogen and oxygen atoms in total. The predicted octanol–water partition coefficient (Wildman–Crippen LogP) is 2.32. The maximum atomic E-state index is 6.14. The van der Waals surface area contributed by atoms with Gasteiger partial charge >= 0.3 is 0 Å². The van der Waals surface area contributed by atoms with Crippen LogP contribution >= 0.6 is 0 Å². The molecule has 1 N–H and O–H groups in total. The van der Waals surface area contributed by atoms with Crippen molar-refractivity contribution in [2.75, 3.05) is 52.5 Å². The third kappa shape index (κ3) is 6.67. The fourth-order valence-corrected chi connectivity index (χ4v) is 3.02. The van der Waals surface area contributed by atoms with Crippen molar-refractivity contribution < 1.29 is 9.16 Å². The van der Waals surface area contributed by atoms with E-state index in [0.29, 0.717) is 5.04 Å². The summed E-state index contributed by atoms with van der Waals surface area (Å²) in [5, 5.41) is 3.80. The van der Waals surface area contributed by atoms with Gasteiger partial charge in [0.2, 0.25) is 0 Å². The largest absolute Gasteiger partial charge is 0.416 e. The van der Waals surface area contributed by atoms with E-state index in [1.54, 1.807) is 0 Å². The van der Waals surface area contributed by atoms with Crippen LogP contribution in [0.2, 0.25) is 18.1 Å². The average molecular weight is 303 g/mol. The van der Waals surface area contributed by atoms with E-state index >= 15 is 0 Å². The lowest BCUT2D eigenvalue weighted by Crippen LogP contribution is -2.42. The molecule has 1 aliphatic heterocycles. The predicted molar refractivity (Wildman–Crippen MR) is 87.9 cm³/mol. The number of rotatable bonds is 8. The summed E-state index contributed by atoms with van der Waals surface area (Å²) in [7, 11) is -1.56. The van der Waals surface area contributed by atoms with E-state index in [1.807, 2.05) is 0 Å². The highest BCUT2D eigenvalue weighted by Crippen LogP contribution is 2.36. The number of hydrogen-bond donors (Lipinski definition) is 1. The zero-order chi connectivity index (χ0) is 15.1. The lowest BCUT2D eigenvalue weighted by Gasteiger charge is -2.36. The summed E-state index contributed by atoms with van der Waals surface area (Å²) < 4.78 is 11.5. The van der Waals surface area contributed by atoms with E-state index in [2.05, 4.69) is 44.1 Å². The van der Waals surface area contributed by atoms with Gasteiger partial charge in [-0.3, -0.25) is 4.90 Å². The Balaban J connectivity index is 1.97. The average Bonchev–Trinajstić information content (AvgIpc) is 2.37. The molecule has 1 aliphatic rings. The zero-order valence-electron chi connectivity index (χ0n) is 14.1. The third-order valence-corrected chi connectivity index (χ3v) is 9.02. The highest BCUT2D eigenvalue weighted by molar-refractivity contribution is 6.74. The summed E-state index contributed by atoms with van der Waals surface area (Å²) in [6, 6.07) is 0. The monoisotopic (exact) mass is 302 g/mol. The topological polar surface area (TPSA) is 33.7 Å². The van der Waals surface area contributed by atoms with Gasteiger partial charge in [0.15, 0.2) is 8.32 Å². The number of morpholine rings is 1. The summed E-state index contributed by atoms with van der Waals surface area (Å²) in [4.78, 5) is 2.48. The lowest BCUT2D eigenvalue weighted by molar-refractivity contribution is 0.0374. The molecule has 5 heteroatoms. The first-order valence-corrected chi connectivity index (χ1v) is 10.9. The minimum absolute atomic E-state index is 0.309. The van der Waals surface area contributed by atoms with Crippen molar-refractivity contribution in [2.45, 2.75) is 45.3 Å². The Labute approximate surface area is 126 Å². The van der Waals surface area contributed by atoms with E-state index in [9.17, 15) is 0 Å². The van der Waals surface area contributed by atoms with Crippen molar-refractivity contribution in [3.63, 3.8) is 0 Å². The Morgan fingerprint density at radius 2 is 1.80 bits per heavy atom. The molecular formula is C15H34N2O2Si. The molecule has 0 aliphatic carbocycles. The highest BCUT2D eigenvalue weighted by atomic mass is 28.4. The molecule has 0 saturated carbocycles. The van der Waals surface area contributed by atoms with Crippen LogP contribution < -0.4 is 5.32 Å². The van der Waals surface area contributed by atoms with Crippen LogP contribution in [0.15, 0.2) is 0 Å². The first-order valence-electron chi connectivity index (χ1n) is 7.98. The number of hydrogen-bond acceptors (Lipinski definition) is 4. The molecule has 0 radical (unpaired) electrons. The molecule has 0 bridgehead atoms. The first kappa shape index (κ1) is 18.1. The summed E-state index contributed by atoms with van der Waals surface area (Å²) in [5.74, 6) is 0. The third-order valence-electron chi connectivity index (χ3n) is 4.48. The minimum atomic E-state index is -1.56.